The zero-order valence-corrected chi connectivity index (χ0v) is 15.9. The molecule has 1 aliphatic carbocycles. The van der Waals surface area contributed by atoms with Crippen molar-refractivity contribution in [3.05, 3.63) is 24.3 Å². The molecule has 1 fully saturated rings. The molecule has 0 spiro atoms. The predicted octanol–water partition coefficient (Wildman–Crippen LogP) is 3.62. The summed E-state index contributed by atoms with van der Waals surface area (Å²) in [6, 6.07) is 7.86. The zero-order valence-electron chi connectivity index (χ0n) is 14.3. The second-order valence-electron chi connectivity index (χ2n) is 5.57. The van der Waals surface area contributed by atoms with Crippen LogP contribution in [-0.4, -0.2) is 41.6 Å². The molecule has 0 saturated heterocycles. The fraction of sp³-hybridized carbons (Fsp3) is 0.471. The number of rotatable bonds is 9. The maximum absolute atomic E-state index is 12.1. The van der Waals surface area contributed by atoms with Crippen molar-refractivity contribution >= 4 is 34.1 Å². The van der Waals surface area contributed by atoms with E-state index in [2.05, 4.69) is 10.2 Å². The van der Waals surface area contributed by atoms with Gasteiger partial charge in [0.1, 0.15) is 11.5 Å². The molecule has 1 aliphatic rings. The van der Waals surface area contributed by atoms with E-state index in [1.54, 1.807) is 18.9 Å². The minimum absolute atomic E-state index is 0.122. The van der Waals surface area contributed by atoms with Crippen LogP contribution in [0.3, 0.4) is 0 Å². The highest BCUT2D eigenvalue weighted by Gasteiger charge is 2.35. The molecule has 0 N–H and O–H groups in total. The van der Waals surface area contributed by atoms with Gasteiger partial charge in [0.2, 0.25) is 11.0 Å². The van der Waals surface area contributed by atoms with Gasteiger partial charge in [-0.15, -0.1) is 10.2 Å². The molecular formula is C17H21N3O3S2. The summed E-state index contributed by atoms with van der Waals surface area (Å²) in [5.74, 6) is 2.44. The van der Waals surface area contributed by atoms with Gasteiger partial charge in [-0.25, -0.2) is 0 Å². The first-order valence-corrected chi connectivity index (χ1v) is 10.1. The van der Waals surface area contributed by atoms with Crippen molar-refractivity contribution in [2.45, 2.75) is 36.6 Å². The number of amides is 1. The topological polar surface area (TPSA) is 64.6 Å². The number of methoxy groups -OCH3 is 1. The van der Waals surface area contributed by atoms with Crippen LogP contribution < -0.4 is 14.4 Å². The molecule has 1 aromatic heterocycles. The lowest BCUT2D eigenvalue weighted by atomic mass is 10.3. The number of benzene rings is 1. The van der Waals surface area contributed by atoms with Gasteiger partial charge in [0.05, 0.1) is 13.7 Å². The molecule has 0 aliphatic heterocycles. The summed E-state index contributed by atoms with van der Waals surface area (Å²) in [4.78, 5) is 13.9. The molecule has 0 bridgehead atoms. The summed E-state index contributed by atoms with van der Waals surface area (Å²) < 4.78 is 11.8. The Hall–Kier alpha value is -1.80. The van der Waals surface area contributed by atoms with Crippen LogP contribution in [0, 0.1) is 0 Å². The largest absolute Gasteiger partial charge is 0.497 e. The Morgan fingerprint density at radius 1 is 1.36 bits per heavy atom. The van der Waals surface area contributed by atoms with Crippen molar-refractivity contribution in [1.82, 2.24) is 10.2 Å². The first kappa shape index (κ1) is 18.0. The number of carbonyl (C=O) groups excluding carboxylic acids is 1. The summed E-state index contributed by atoms with van der Waals surface area (Å²) in [6.07, 6.45) is 2.61. The fourth-order valence-electron chi connectivity index (χ4n) is 2.31. The second kappa shape index (κ2) is 8.53. The van der Waals surface area contributed by atoms with Gasteiger partial charge in [-0.3, -0.25) is 9.69 Å². The number of anilines is 1. The van der Waals surface area contributed by atoms with E-state index in [1.807, 2.05) is 36.1 Å². The Labute approximate surface area is 155 Å². The molecule has 0 radical (unpaired) electrons. The standard InChI is InChI=1S/C17H21N3O3S2/c1-3-15(21)20(12-7-8-12)16-18-19-17(25-16)24-10-9-23-14-6-4-5-13(11-14)22-2/h4-6,11-12H,3,7-10H2,1-2H3. The van der Waals surface area contributed by atoms with E-state index in [4.69, 9.17) is 9.47 Å². The fourth-order valence-corrected chi connectivity index (χ4v) is 4.13. The summed E-state index contributed by atoms with van der Waals surface area (Å²) in [7, 11) is 1.64. The highest BCUT2D eigenvalue weighted by Crippen LogP contribution is 2.36. The first-order chi connectivity index (χ1) is 12.2. The maximum Gasteiger partial charge on any atom is 0.228 e. The highest BCUT2D eigenvalue weighted by atomic mass is 32.2. The van der Waals surface area contributed by atoms with Crippen LogP contribution in [0.4, 0.5) is 5.13 Å². The highest BCUT2D eigenvalue weighted by molar-refractivity contribution is 8.01. The van der Waals surface area contributed by atoms with Crippen molar-refractivity contribution in [2.75, 3.05) is 24.4 Å². The SMILES string of the molecule is CCC(=O)N(c1nnc(SCCOc2cccc(OC)c2)s1)C1CC1. The van der Waals surface area contributed by atoms with E-state index in [-0.39, 0.29) is 5.91 Å². The van der Waals surface area contributed by atoms with Crippen molar-refractivity contribution in [1.29, 1.82) is 0 Å². The van der Waals surface area contributed by atoms with Crippen LogP contribution in [0.25, 0.3) is 0 Å². The average molecular weight is 380 g/mol. The van der Waals surface area contributed by atoms with Crippen molar-refractivity contribution in [3.8, 4) is 11.5 Å². The van der Waals surface area contributed by atoms with Gasteiger partial charge in [0, 0.05) is 24.3 Å². The van der Waals surface area contributed by atoms with Crippen molar-refractivity contribution < 1.29 is 14.3 Å². The van der Waals surface area contributed by atoms with Crippen LogP contribution in [0.5, 0.6) is 11.5 Å². The molecule has 3 rings (SSSR count). The molecule has 0 atom stereocenters. The van der Waals surface area contributed by atoms with E-state index in [9.17, 15) is 4.79 Å². The minimum atomic E-state index is 0.122. The number of aromatic nitrogens is 2. The van der Waals surface area contributed by atoms with Crippen LogP contribution in [0.1, 0.15) is 26.2 Å². The lowest BCUT2D eigenvalue weighted by Gasteiger charge is -2.17. The predicted molar refractivity (Wildman–Crippen MR) is 99.9 cm³/mol. The molecule has 1 heterocycles. The number of ether oxygens (including phenoxy) is 2. The lowest BCUT2D eigenvalue weighted by molar-refractivity contribution is -0.118. The summed E-state index contributed by atoms with van der Waals surface area (Å²) in [5.41, 5.74) is 0. The van der Waals surface area contributed by atoms with Crippen molar-refractivity contribution in [3.63, 3.8) is 0 Å². The van der Waals surface area contributed by atoms with Gasteiger partial charge < -0.3 is 9.47 Å². The normalized spacial score (nSPS) is 13.5. The first-order valence-electron chi connectivity index (χ1n) is 8.26. The number of hydrogen-bond acceptors (Lipinski definition) is 7. The Morgan fingerprint density at radius 2 is 2.16 bits per heavy atom. The van der Waals surface area contributed by atoms with Crippen molar-refractivity contribution in [2.24, 2.45) is 0 Å². The number of thioether (sulfide) groups is 1. The molecule has 1 amide bonds. The van der Waals surface area contributed by atoms with Crippen LogP contribution >= 0.6 is 23.1 Å². The Balaban J connectivity index is 1.49. The molecule has 1 aromatic carbocycles. The third-order valence-corrected chi connectivity index (χ3v) is 5.72. The van der Waals surface area contributed by atoms with Gasteiger partial charge in [-0.1, -0.05) is 36.1 Å². The zero-order chi connectivity index (χ0) is 17.6. The van der Waals surface area contributed by atoms with Gasteiger partial charge >= 0.3 is 0 Å². The van der Waals surface area contributed by atoms with Crippen LogP contribution in [-0.2, 0) is 4.79 Å². The summed E-state index contributed by atoms with van der Waals surface area (Å²) in [5, 5.41) is 9.11. The average Bonchev–Trinajstić information content (AvgIpc) is 3.37. The summed E-state index contributed by atoms with van der Waals surface area (Å²) >= 11 is 3.07. The van der Waals surface area contributed by atoms with Gasteiger partial charge in [0.15, 0.2) is 4.34 Å². The number of carbonyl (C=O) groups is 1. The van der Waals surface area contributed by atoms with Gasteiger partial charge in [0.25, 0.3) is 0 Å². The molecule has 0 unspecified atom stereocenters. The molecule has 6 nitrogen and oxygen atoms in total. The van der Waals surface area contributed by atoms with E-state index < -0.39 is 0 Å². The quantitative estimate of drug-likeness (QED) is 0.377. The van der Waals surface area contributed by atoms with Crippen LogP contribution in [0.15, 0.2) is 28.6 Å². The third kappa shape index (κ3) is 4.85. The van der Waals surface area contributed by atoms with Gasteiger partial charge in [-0.2, -0.15) is 0 Å². The molecule has 134 valence electrons. The third-order valence-electron chi connectivity index (χ3n) is 3.70. The van der Waals surface area contributed by atoms with E-state index in [0.29, 0.717) is 24.2 Å². The Bertz CT molecular complexity index is 719. The van der Waals surface area contributed by atoms with E-state index >= 15 is 0 Å². The molecule has 8 heteroatoms. The summed E-state index contributed by atoms with van der Waals surface area (Å²) in [6.45, 7) is 2.44. The molecule has 2 aromatic rings. The molecule has 1 saturated carbocycles. The Morgan fingerprint density at radius 3 is 2.88 bits per heavy atom. The second-order valence-corrected chi connectivity index (χ2v) is 7.87. The molecule has 25 heavy (non-hydrogen) atoms. The minimum Gasteiger partial charge on any atom is -0.497 e. The molecular weight excluding hydrogens is 358 g/mol. The maximum atomic E-state index is 12.1. The smallest absolute Gasteiger partial charge is 0.228 e. The van der Waals surface area contributed by atoms with E-state index in [1.165, 1.54) is 11.3 Å². The number of nitrogens with zero attached hydrogens (tertiary/aromatic N) is 3. The Kier molecular flexibility index (Phi) is 6.14. The number of hydrogen-bond donors (Lipinski definition) is 0. The van der Waals surface area contributed by atoms with Gasteiger partial charge in [-0.05, 0) is 25.0 Å². The van der Waals surface area contributed by atoms with Crippen LogP contribution in [0.2, 0.25) is 0 Å². The monoisotopic (exact) mass is 379 g/mol. The lowest BCUT2D eigenvalue weighted by Crippen LogP contribution is -2.32. The van der Waals surface area contributed by atoms with E-state index in [0.717, 1.165) is 34.4 Å².